The van der Waals surface area contributed by atoms with Crippen LogP contribution in [0.4, 0.5) is 0 Å². The molecule has 0 radical (unpaired) electrons. The van der Waals surface area contributed by atoms with Gasteiger partial charge in [-0.1, -0.05) is 25.7 Å². The maximum Gasteiger partial charge on any atom is 0.339 e. The van der Waals surface area contributed by atoms with Crippen molar-refractivity contribution in [2.45, 2.75) is 58.0 Å². The number of hydrogen-bond acceptors (Lipinski definition) is 3. The Bertz CT molecular complexity index is 405. The van der Waals surface area contributed by atoms with E-state index in [1.54, 1.807) is 0 Å². The number of furan rings is 1. The summed E-state index contributed by atoms with van der Waals surface area (Å²) in [6.45, 7) is 2.69. The molecule has 2 N–H and O–H groups in total. The van der Waals surface area contributed by atoms with E-state index in [9.17, 15) is 4.79 Å². The van der Waals surface area contributed by atoms with Crippen molar-refractivity contribution in [1.29, 1.82) is 0 Å². The normalized spacial score (nSPS) is 19.0. The van der Waals surface area contributed by atoms with Crippen molar-refractivity contribution >= 4 is 5.97 Å². The molecule has 4 heteroatoms. The van der Waals surface area contributed by atoms with Crippen molar-refractivity contribution in [3.63, 3.8) is 0 Å². The van der Waals surface area contributed by atoms with E-state index in [4.69, 9.17) is 9.52 Å². The van der Waals surface area contributed by atoms with Gasteiger partial charge in [0.2, 0.25) is 0 Å². The summed E-state index contributed by atoms with van der Waals surface area (Å²) >= 11 is 0. The molecule has 106 valence electrons. The molecule has 1 fully saturated rings. The van der Waals surface area contributed by atoms with Crippen LogP contribution in [-0.4, -0.2) is 17.1 Å². The molecule has 19 heavy (non-hydrogen) atoms. The summed E-state index contributed by atoms with van der Waals surface area (Å²) in [6, 6.07) is 1.92. The van der Waals surface area contributed by atoms with Gasteiger partial charge in [0, 0.05) is 6.04 Å². The summed E-state index contributed by atoms with van der Waals surface area (Å²) in [4.78, 5) is 11.0. The van der Waals surface area contributed by atoms with Crippen molar-refractivity contribution < 1.29 is 14.3 Å². The molecule has 1 atom stereocenters. The van der Waals surface area contributed by atoms with Crippen LogP contribution in [0.3, 0.4) is 0 Å². The Morgan fingerprint density at radius 1 is 1.42 bits per heavy atom. The van der Waals surface area contributed by atoms with Gasteiger partial charge in [0.1, 0.15) is 11.3 Å². The SMILES string of the molecule is C[C@@H](NCc1occc1C(=O)O)C1CCCCCC1. The highest BCUT2D eigenvalue weighted by atomic mass is 16.4. The van der Waals surface area contributed by atoms with Crippen molar-refractivity contribution in [3.05, 3.63) is 23.7 Å². The van der Waals surface area contributed by atoms with Crippen molar-refractivity contribution in [1.82, 2.24) is 5.32 Å². The molecular weight excluding hydrogens is 242 g/mol. The molecule has 0 aromatic carbocycles. The number of carboxylic acids is 1. The van der Waals surface area contributed by atoms with Crippen molar-refractivity contribution in [2.24, 2.45) is 5.92 Å². The predicted molar refractivity (Wildman–Crippen MR) is 73.2 cm³/mol. The van der Waals surface area contributed by atoms with Gasteiger partial charge in [0.25, 0.3) is 0 Å². The molecule has 1 aliphatic rings. The van der Waals surface area contributed by atoms with Gasteiger partial charge in [-0.25, -0.2) is 4.79 Å². The Hall–Kier alpha value is -1.29. The summed E-state index contributed by atoms with van der Waals surface area (Å²) in [5.74, 6) is 0.298. The zero-order chi connectivity index (χ0) is 13.7. The summed E-state index contributed by atoms with van der Waals surface area (Å²) in [6.07, 6.45) is 9.33. The third-order valence-corrected chi connectivity index (χ3v) is 4.17. The predicted octanol–water partition coefficient (Wildman–Crippen LogP) is 3.43. The fraction of sp³-hybridized carbons (Fsp3) is 0.667. The van der Waals surface area contributed by atoms with E-state index in [0.29, 0.717) is 24.3 Å². The second-order valence-corrected chi connectivity index (χ2v) is 5.48. The van der Waals surface area contributed by atoms with Crippen LogP contribution in [0, 0.1) is 5.92 Å². The largest absolute Gasteiger partial charge is 0.478 e. The minimum atomic E-state index is -0.923. The summed E-state index contributed by atoms with van der Waals surface area (Å²) in [7, 11) is 0. The van der Waals surface area contributed by atoms with Crippen LogP contribution in [-0.2, 0) is 6.54 Å². The van der Waals surface area contributed by atoms with E-state index in [2.05, 4.69) is 12.2 Å². The summed E-state index contributed by atoms with van der Waals surface area (Å²) in [5, 5.41) is 12.4. The molecule has 0 aliphatic heterocycles. The highest BCUT2D eigenvalue weighted by molar-refractivity contribution is 5.88. The monoisotopic (exact) mass is 265 g/mol. The van der Waals surface area contributed by atoms with E-state index in [1.165, 1.54) is 50.9 Å². The Morgan fingerprint density at radius 2 is 2.11 bits per heavy atom. The molecule has 1 aromatic heterocycles. The van der Waals surface area contributed by atoms with Crippen LogP contribution in [0.25, 0.3) is 0 Å². The van der Waals surface area contributed by atoms with E-state index < -0.39 is 5.97 Å². The first-order valence-corrected chi connectivity index (χ1v) is 7.21. The van der Waals surface area contributed by atoms with Crippen LogP contribution in [0.5, 0.6) is 0 Å². The fourth-order valence-corrected chi connectivity index (χ4v) is 2.90. The summed E-state index contributed by atoms with van der Waals surface area (Å²) in [5.41, 5.74) is 0.264. The molecule has 1 aromatic rings. The van der Waals surface area contributed by atoms with Gasteiger partial charge < -0.3 is 14.8 Å². The molecule has 0 bridgehead atoms. The quantitative estimate of drug-likeness (QED) is 0.801. The number of carbonyl (C=O) groups is 1. The van der Waals surface area contributed by atoms with Crippen molar-refractivity contribution in [3.8, 4) is 0 Å². The minimum Gasteiger partial charge on any atom is -0.478 e. The molecule has 0 unspecified atom stereocenters. The first-order valence-electron chi connectivity index (χ1n) is 7.21. The lowest BCUT2D eigenvalue weighted by Crippen LogP contribution is -2.33. The molecule has 1 aliphatic carbocycles. The van der Waals surface area contributed by atoms with Gasteiger partial charge in [-0.05, 0) is 31.7 Å². The second-order valence-electron chi connectivity index (χ2n) is 5.48. The standard InChI is InChI=1S/C15H23NO3/c1-11(12-6-4-2-3-5-7-12)16-10-14-13(15(17)18)8-9-19-14/h8-9,11-12,16H,2-7,10H2,1H3,(H,17,18)/t11-/m1/s1. The smallest absolute Gasteiger partial charge is 0.339 e. The maximum atomic E-state index is 11.0. The van der Waals surface area contributed by atoms with Crippen LogP contribution in [0.2, 0.25) is 0 Å². The topological polar surface area (TPSA) is 62.5 Å². The van der Waals surface area contributed by atoms with Crippen LogP contribution in [0.15, 0.2) is 16.7 Å². The second kappa shape index (κ2) is 6.75. The lowest BCUT2D eigenvalue weighted by molar-refractivity contribution is 0.0694. The average Bonchev–Trinajstić information content (AvgIpc) is 2.69. The third-order valence-electron chi connectivity index (χ3n) is 4.17. The highest BCUT2D eigenvalue weighted by Crippen LogP contribution is 2.25. The number of carboxylic acid groups (broad SMARTS) is 1. The number of aromatic carboxylic acids is 1. The third kappa shape index (κ3) is 3.83. The van der Waals surface area contributed by atoms with E-state index >= 15 is 0 Å². The van der Waals surface area contributed by atoms with Gasteiger partial charge in [-0.3, -0.25) is 0 Å². The molecular formula is C15H23NO3. The van der Waals surface area contributed by atoms with Gasteiger partial charge in [-0.2, -0.15) is 0 Å². The Balaban J connectivity index is 1.86. The Labute approximate surface area is 114 Å². The fourth-order valence-electron chi connectivity index (χ4n) is 2.90. The molecule has 1 saturated carbocycles. The zero-order valence-corrected chi connectivity index (χ0v) is 11.5. The van der Waals surface area contributed by atoms with Crippen LogP contribution >= 0.6 is 0 Å². The molecule has 1 heterocycles. The maximum absolute atomic E-state index is 11.0. The highest BCUT2D eigenvalue weighted by Gasteiger charge is 2.20. The van der Waals surface area contributed by atoms with Gasteiger partial charge >= 0.3 is 5.97 Å². The first kappa shape index (κ1) is 14.1. The number of nitrogens with one attached hydrogen (secondary N) is 1. The van der Waals surface area contributed by atoms with Gasteiger partial charge in [0.15, 0.2) is 0 Å². The van der Waals surface area contributed by atoms with E-state index in [0.717, 1.165) is 0 Å². The molecule has 0 amide bonds. The first-order chi connectivity index (χ1) is 9.18. The molecule has 0 spiro atoms. The molecule has 4 nitrogen and oxygen atoms in total. The lowest BCUT2D eigenvalue weighted by atomic mass is 9.93. The summed E-state index contributed by atoms with van der Waals surface area (Å²) < 4.78 is 5.25. The Morgan fingerprint density at radius 3 is 2.74 bits per heavy atom. The van der Waals surface area contributed by atoms with Crippen molar-refractivity contribution in [2.75, 3.05) is 0 Å². The van der Waals surface area contributed by atoms with E-state index in [1.807, 2.05) is 0 Å². The van der Waals surface area contributed by atoms with Crippen LogP contribution < -0.4 is 5.32 Å². The van der Waals surface area contributed by atoms with E-state index in [-0.39, 0.29) is 5.56 Å². The minimum absolute atomic E-state index is 0.264. The average molecular weight is 265 g/mol. The molecule has 0 saturated heterocycles. The lowest BCUT2D eigenvalue weighted by Gasteiger charge is -2.23. The van der Waals surface area contributed by atoms with Gasteiger partial charge in [-0.15, -0.1) is 0 Å². The number of rotatable bonds is 5. The number of hydrogen-bond donors (Lipinski definition) is 2. The van der Waals surface area contributed by atoms with Gasteiger partial charge in [0.05, 0.1) is 12.8 Å². The zero-order valence-electron chi connectivity index (χ0n) is 11.5. The molecule has 2 rings (SSSR count). The van der Waals surface area contributed by atoms with Crippen LogP contribution in [0.1, 0.15) is 61.6 Å². The Kier molecular flexibility index (Phi) is 5.02.